The van der Waals surface area contributed by atoms with Crippen LogP contribution < -0.4 is 26.6 Å². The van der Waals surface area contributed by atoms with Crippen LogP contribution in [0.15, 0.2) is 127 Å². The average molecular weight is 773 g/mol. The van der Waals surface area contributed by atoms with Crippen LogP contribution in [0.1, 0.15) is 48.9 Å². The molecule has 2 unspecified atom stereocenters. The van der Waals surface area contributed by atoms with Crippen molar-refractivity contribution in [2.24, 2.45) is 0 Å². The Balaban J connectivity index is 1.33. The summed E-state index contributed by atoms with van der Waals surface area (Å²) in [6.45, 7) is 2.40. The van der Waals surface area contributed by atoms with E-state index in [2.05, 4.69) is 26.6 Å². The third-order valence-corrected chi connectivity index (χ3v) is 9.36. The number of amides is 7. The molecule has 0 saturated carbocycles. The van der Waals surface area contributed by atoms with Crippen molar-refractivity contribution >= 4 is 47.0 Å². The van der Waals surface area contributed by atoms with Gasteiger partial charge in [-0.3, -0.25) is 38.5 Å². The van der Waals surface area contributed by atoms with Crippen LogP contribution in [0.5, 0.6) is 0 Å². The number of anilines is 1. The van der Waals surface area contributed by atoms with E-state index in [1.165, 1.54) is 13.8 Å². The van der Waals surface area contributed by atoms with Crippen molar-refractivity contribution in [1.29, 1.82) is 0 Å². The summed E-state index contributed by atoms with van der Waals surface area (Å²) in [6, 6.07) is 30.7. The Bertz CT molecular complexity index is 2000. The van der Waals surface area contributed by atoms with E-state index < -0.39 is 71.4 Å². The molecule has 57 heavy (non-hydrogen) atoms. The number of carbonyl (C=O) groups excluding carboxylic acids is 7. The van der Waals surface area contributed by atoms with Gasteiger partial charge in [0.05, 0.1) is 13.0 Å². The summed E-state index contributed by atoms with van der Waals surface area (Å²) in [7, 11) is 0. The van der Waals surface area contributed by atoms with Gasteiger partial charge >= 0.3 is 0 Å². The summed E-state index contributed by atoms with van der Waals surface area (Å²) in [5, 5.41) is 23.0. The van der Waals surface area contributed by atoms with Crippen molar-refractivity contribution in [2.45, 2.75) is 57.0 Å². The second kappa shape index (κ2) is 19.1. The highest BCUT2D eigenvalue weighted by Crippen LogP contribution is 2.37. The Labute approximate surface area is 329 Å². The second-order valence-corrected chi connectivity index (χ2v) is 13.4. The van der Waals surface area contributed by atoms with Gasteiger partial charge in [-0.05, 0) is 48.2 Å². The summed E-state index contributed by atoms with van der Waals surface area (Å²) < 4.78 is 0. The van der Waals surface area contributed by atoms with Gasteiger partial charge in [0.1, 0.15) is 23.7 Å². The lowest BCUT2D eigenvalue weighted by atomic mass is 9.77. The fourth-order valence-electron chi connectivity index (χ4n) is 6.30. The number of hydrogen-bond donors (Lipinski definition) is 6. The lowest BCUT2D eigenvalue weighted by molar-refractivity contribution is -0.137. The smallest absolute Gasteiger partial charge is 0.253 e. The van der Waals surface area contributed by atoms with Crippen LogP contribution in [0.4, 0.5) is 5.69 Å². The number of benzene rings is 4. The average Bonchev–Trinajstić information content (AvgIpc) is 3.55. The molecule has 14 heteroatoms. The van der Waals surface area contributed by atoms with Crippen molar-refractivity contribution in [1.82, 2.24) is 26.2 Å². The third kappa shape index (κ3) is 10.4. The van der Waals surface area contributed by atoms with Gasteiger partial charge in [-0.1, -0.05) is 103 Å². The van der Waals surface area contributed by atoms with Gasteiger partial charge in [-0.15, -0.1) is 0 Å². The summed E-state index contributed by atoms with van der Waals surface area (Å²) in [5.41, 5.74) is 2.00. The molecule has 0 aromatic heterocycles. The van der Waals surface area contributed by atoms with Crippen molar-refractivity contribution in [2.75, 3.05) is 11.9 Å². The molecule has 14 nitrogen and oxygen atoms in total. The quantitative estimate of drug-likeness (QED) is 0.0694. The SMILES string of the molecule is CC(NC(=O)CCN1C(=O)C=CC1=O)C(=O)N[C@@H](C)C(=O)NC(CC(=O)NC(c1ccccc1)(c1ccccc1)c1ccccc1)C(=O)Nc1ccc(CO)cc1. The Morgan fingerprint density at radius 3 is 1.58 bits per heavy atom. The van der Waals surface area contributed by atoms with E-state index in [4.69, 9.17) is 0 Å². The van der Waals surface area contributed by atoms with E-state index in [1.807, 2.05) is 91.0 Å². The van der Waals surface area contributed by atoms with Gasteiger partial charge in [-0.25, -0.2) is 0 Å². The number of nitrogens with one attached hydrogen (secondary N) is 5. The van der Waals surface area contributed by atoms with E-state index in [1.54, 1.807) is 24.3 Å². The molecule has 1 aliphatic rings. The van der Waals surface area contributed by atoms with E-state index in [-0.39, 0.29) is 19.6 Å². The fourth-order valence-corrected chi connectivity index (χ4v) is 6.30. The predicted molar refractivity (Wildman–Crippen MR) is 211 cm³/mol. The molecule has 0 radical (unpaired) electrons. The molecule has 0 bridgehead atoms. The normalized spacial score (nSPS) is 13.9. The van der Waals surface area contributed by atoms with Crippen LogP contribution in [-0.2, 0) is 45.7 Å². The summed E-state index contributed by atoms with van der Waals surface area (Å²) in [5.74, 6) is -4.48. The lowest BCUT2D eigenvalue weighted by Gasteiger charge is -2.37. The molecule has 0 saturated heterocycles. The first-order valence-electron chi connectivity index (χ1n) is 18.3. The van der Waals surface area contributed by atoms with Crippen molar-refractivity contribution in [3.05, 3.63) is 150 Å². The first-order valence-corrected chi connectivity index (χ1v) is 18.3. The Morgan fingerprint density at radius 2 is 1.09 bits per heavy atom. The van der Waals surface area contributed by atoms with Crippen LogP contribution in [-0.4, -0.2) is 76.0 Å². The van der Waals surface area contributed by atoms with Crippen molar-refractivity contribution in [3.63, 3.8) is 0 Å². The van der Waals surface area contributed by atoms with Gasteiger partial charge in [0.25, 0.3) is 11.8 Å². The Hall–Kier alpha value is -6.93. The maximum Gasteiger partial charge on any atom is 0.253 e. The van der Waals surface area contributed by atoms with E-state index in [0.717, 1.165) is 33.7 Å². The molecule has 3 atom stereocenters. The maximum atomic E-state index is 14.3. The number of nitrogens with zero attached hydrogens (tertiary/aromatic N) is 1. The van der Waals surface area contributed by atoms with Crippen LogP contribution >= 0.6 is 0 Å². The molecule has 4 aromatic carbocycles. The molecular formula is C43H44N6O8. The number of rotatable bonds is 17. The number of aliphatic hydroxyl groups is 1. The Morgan fingerprint density at radius 1 is 0.614 bits per heavy atom. The highest BCUT2D eigenvalue weighted by molar-refractivity contribution is 6.13. The number of imide groups is 1. The van der Waals surface area contributed by atoms with Crippen LogP contribution in [0.3, 0.4) is 0 Å². The number of carbonyl (C=O) groups is 7. The zero-order valence-corrected chi connectivity index (χ0v) is 31.4. The van der Waals surface area contributed by atoms with Gasteiger partial charge in [0, 0.05) is 30.8 Å². The number of hydrogen-bond acceptors (Lipinski definition) is 8. The molecule has 5 rings (SSSR count). The topological polar surface area (TPSA) is 203 Å². The van der Waals surface area contributed by atoms with E-state index >= 15 is 0 Å². The lowest BCUT2D eigenvalue weighted by Crippen LogP contribution is -2.56. The van der Waals surface area contributed by atoms with E-state index in [9.17, 15) is 38.7 Å². The van der Waals surface area contributed by atoms with E-state index in [0.29, 0.717) is 11.3 Å². The molecule has 0 spiro atoms. The molecular weight excluding hydrogens is 729 g/mol. The van der Waals surface area contributed by atoms with Crippen LogP contribution in [0, 0.1) is 0 Å². The minimum Gasteiger partial charge on any atom is -0.392 e. The van der Waals surface area contributed by atoms with Gasteiger partial charge in [-0.2, -0.15) is 0 Å². The van der Waals surface area contributed by atoms with Gasteiger partial charge < -0.3 is 31.7 Å². The molecule has 4 aromatic rings. The molecule has 1 aliphatic heterocycles. The standard InChI is InChI=1S/C43H44N6O8/c1-28(44-36(51)24-25-49-38(53)22-23-39(49)54)40(55)45-29(2)41(56)47-35(42(57)46-34-20-18-30(27-50)19-21-34)26-37(52)48-43(31-12-6-3-7-13-31,32-14-8-4-9-15-32)33-16-10-5-11-17-33/h3-23,28-29,35,50H,24-27H2,1-2H3,(H,44,51)(H,45,55)(H,46,57)(H,47,56)(H,48,52)/t28?,29-,35?/m0/s1. The minimum absolute atomic E-state index is 0.171. The maximum absolute atomic E-state index is 14.3. The molecule has 7 amide bonds. The molecule has 1 heterocycles. The van der Waals surface area contributed by atoms with Gasteiger partial charge in [0.15, 0.2) is 0 Å². The van der Waals surface area contributed by atoms with Crippen LogP contribution in [0.25, 0.3) is 0 Å². The number of aliphatic hydroxyl groups excluding tert-OH is 1. The molecule has 0 aliphatic carbocycles. The highest BCUT2D eigenvalue weighted by Gasteiger charge is 2.39. The first kappa shape index (κ1) is 41.2. The molecule has 6 N–H and O–H groups in total. The predicted octanol–water partition coefficient (Wildman–Crippen LogP) is 2.43. The minimum atomic E-state index is -1.43. The molecule has 0 fully saturated rings. The monoisotopic (exact) mass is 772 g/mol. The largest absolute Gasteiger partial charge is 0.392 e. The van der Waals surface area contributed by atoms with Crippen molar-refractivity contribution in [3.8, 4) is 0 Å². The fraction of sp³-hybridized carbons (Fsp3) is 0.233. The van der Waals surface area contributed by atoms with Gasteiger partial charge in [0.2, 0.25) is 29.5 Å². The highest BCUT2D eigenvalue weighted by atomic mass is 16.3. The second-order valence-electron chi connectivity index (χ2n) is 13.4. The third-order valence-electron chi connectivity index (χ3n) is 9.36. The zero-order chi connectivity index (χ0) is 41.0. The zero-order valence-electron chi connectivity index (χ0n) is 31.4. The summed E-state index contributed by atoms with van der Waals surface area (Å²) in [4.78, 5) is 91.7. The Kier molecular flexibility index (Phi) is 13.8. The summed E-state index contributed by atoms with van der Waals surface area (Å²) >= 11 is 0. The first-order chi connectivity index (χ1) is 27.4. The summed E-state index contributed by atoms with van der Waals surface area (Å²) in [6.07, 6.45) is 1.46. The van der Waals surface area contributed by atoms with Crippen molar-refractivity contribution < 1.29 is 38.7 Å². The molecule has 294 valence electrons. The van der Waals surface area contributed by atoms with Crippen LogP contribution in [0.2, 0.25) is 0 Å².